The van der Waals surface area contributed by atoms with Gasteiger partial charge in [0.05, 0.1) is 17.1 Å². The fraction of sp³-hybridized carbons (Fsp3) is 0.208. The lowest BCUT2D eigenvalue weighted by Gasteiger charge is -2.24. The van der Waals surface area contributed by atoms with E-state index in [9.17, 15) is 13.2 Å². The van der Waals surface area contributed by atoms with Crippen LogP contribution in [0.1, 0.15) is 11.1 Å². The minimum Gasteiger partial charge on any atom is -0.492 e. The SMILES string of the molecule is Cc1ccc(OCCNC(=O)CN(c2cccc(C)c2)S(=O)(=O)c2ccccc2)cc1. The van der Waals surface area contributed by atoms with E-state index in [1.807, 2.05) is 44.2 Å². The number of benzene rings is 3. The second kappa shape index (κ2) is 10.1. The molecule has 31 heavy (non-hydrogen) atoms. The summed E-state index contributed by atoms with van der Waals surface area (Å²) in [6.45, 7) is 4.09. The predicted molar refractivity (Wildman–Crippen MR) is 122 cm³/mol. The van der Waals surface area contributed by atoms with Gasteiger partial charge in [0.25, 0.3) is 10.0 Å². The van der Waals surface area contributed by atoms with Crippen molar-refractivity contribution in [2.45, 2.75) is 18.7 Å². The van der Waals surface area contributed by atoms with Crippen LogP contribution in [-0.4, -0.2) is 34.0 Å². The summed E-state index contributed by atoms with van der Waals surface area (Å²) < 4.78 is 33.2. The highest BCUT2D eigenvalue weighted by Crippen LogP contribution is 2.24. The lowest BCUT2D eigenvalue weighted by molar-refractivity contribution is -0.119. The molecular formula is C24H26N2O4S. The molecule has 0 aliphatic carbocycles. The average Bonchev–Trinajstić information content (AvgIpc) is 2.77. The van der Waals surface area contributed by atoms with Crippen LogP contribution in [0.15, 0.2) is 83.8 Å². The van der Waals surface area contributed by atoms with Gasteiger partial charge in [-0.1, -0.05) is 48.0 Å². The first kappa shape index (κ1) is 22.4. The van der Waals surface area contributed by atoms with E-state index in [0.717, 1.165) is 15.4 Å². The summed E-state index contributed by atoms with van der Waals surface area (Å²) in [5.41, 5.74) is 2.48. The molecule has 6 nitrogen and oxygen atoms in total. The third-order valence-electron chi connectivity index (χ3n) is 4.62. The van der Waals surface area contributed by atoms with Crippen LogP contribution in [0.2, 0.25) is 0 Å². The number of hydrogen-bond donors (Lipinski definition) is 1. The fourth-order valence-corrected chi connectivity index (χ4v) is 4.43. The zero-order chi connectivity index (χ0) is 22.3. The number of carbonyl (C=O) groups excluding carboxylic acids is 1. The first-order valence-electron chi connectivity index (χ1n) is 9.97. The van der Waals surface area contributed by atoms with E-state index in [2.05, 4.69) is 5.32 Å². The molecule has 162 valence electrons. The van der Waals surface area contributed by atoms with Gasteiger partial charge < -0.3 is 10.1 Å². The van der Waals surface area contributed by atoms with Crippen LogP contribution in [0.4, 0.5) is 5.69 Å². The summed E-state index contributed by atoms with van der Waals surface area (Å²) in [5, 5.41) is 2.73. The Hall–Kier alpha value is -3.32. The molecular weight excluding hydrogens is 412 g/mol. The van der Waals surface area contributed by atoms with Crippen molar-refractivity contribution >= 4 is 21.6 Å². The van der Waals surface area contributed by atoms with Gasteiger partial charge in [-0.25, -0.2) is 8.42 Å². The molecule has 3 aromatic carbocycles. The molecule has 1 amide bonds. The maximum Gasteiger partial charge on any atom is 0.264 e. The van der Waals surface area contributed by atoms with E-state index in [0.29, 0.717) is 11.4 Å². The first-order chi connectivity index (χ1) is 14.9. The lowest BCUT2D eigenvalue weighted by Crippen LogP contribution is -2.42. The summed E-state index contributed by atoms with van der Waals surface area (Å²) >= 11 is 0. The van der Waals surface area contributed by atoms with E-state index in [-0.39, 0.29) is 24.6 Å². The van der Waals surface area contributed by atoms with Gasteiger partial charge in [-0.2, -0.15) is 0 Å². The van der Waals surface area contributed by atoms with E-state index in [4.69, 9.17) is 4.74 Å². The van der Waals surface area contributed by atoms with Crippen molar-refractivity contribution in [2.24, 2.45) is 0 Å². The molecule has 0 saturated carbocycles. The Morgan fingerprint density at radius 3 is 2.29 bits per heavy atom. The van der Waals surface area contributed by atoms with E-state index in [1.54, 1.807) is 36.4 Å². The van der Waals surface area contributed by atoms with E-state index < -0.39 is 15.9 Å². The van der Waals surface area contributed by atoms with Gasteiger partial charge in [-0.15, -0.1) is 0 Å². The van der Waals surface area contributed by atoms with Crippen LogP contribution in [0.25, 0.3) is 0 Å². The van der Waals surface area contributed by atoms with Crippen LogP contribution in [0, 0.1) is 13.8 Å². The monoisotopic (exact) mass is 438 g/mol. The Balaban J connectivity index is 1.68. The van der Waals surface area contributed by atoms with Gasteiger partial charge in [0.2, 0.25) is 5.91 Å². The largest absolute Gasteiger partial charge is 0.492 e. The van der Waals surface area contributed by atoms with Gasteiger partial charge >= 0.3 is 0 Å². The first-order valence-corrected chi connectivity index (χ1v) is 11.4. The maximum atomic E-state index is 13.2. The number of nitrogens with zero attached hydrogens (tertiary/aromatic N) is 1. The summed E-state index contributed by atoms with van der Waals surface area (Å²) in [5.74, 6) is 0.307. The predicted octanol–water partition coefficient (Wildman–Crippen LogP) is 3.69. The molecule has 0 aromatic heterocycles. The number of rotatable bonds is 9. The Labute approximate surface area is 183 Å². The van der Waals surface area contributed by atoms with Crippen molar-refractivity contribution < 1.29 is 17.9 Å². The van der Waals surface area contributed by atoms with Crippen molar-refractivity contribution in [2.75, 3.05) is 24.0 Å². The quantitative estimate of drug-likeness (QED) is 0.517. The van der Waals surface area contributed by atoms with Crippen molar-refractivity contribution in [1.29, 1.82) is 0 Å². The number of ether oxygens (including phenoxy) is 1. The number of anilines is 1. The molecule has 0 unspecified atom stereocenters. The van der Waals surface area contributed by atoms with E-state index in [1.165, 1.54) is 12.1 Å². The highest BCUT2D eigenvalue weighted by molar-refractivity contribution is 7.92. The molecule has 0 fully saturated rings. The molecule has 0 spiro atoms. The number of nitrogens with one attached hydrogen (secondary N) is 1. The third-order valence-corrected chi connectivity index (χ3v) is 6.41. The second-order valence-corrected chi connectivity index (χ2v) is 9.04. The summed E-state index contributed by atoms with van der Waals surface area (Å²) in [4.78, 5) is 12.7. The van der Waals surface area contributed by atoms with Crippen molar-refractivity contribution in [3.8, 4) is 5.75 Å². The summed E-state index contributed by atoms with van der Waals surface area (Å²) in [7, 11) is -3.90. The fourth-order valence-electron chi connectivity index (χ4n) is 3.00. The smallest absolute Gasteiger partial charge is 0.264 e. The molecule has 0 heterocycles. The van der Waals surface area contributed by atoms with Gasteiger partial charge in [0.15, 0.2) is 0 Å². The standard InChI is InChI=1S/C24H26N2O4S/c1-19-11-13-22(14-12-19)30-16-15-25-24(27)18-26(21-8-6-7-20(2)17-21)31(28,29)23-9-4-3-5-10-23/h3-14,17H,15-16,18H2,1-2H3,(H,25,27). The highest BCUT2D eigenvalue weighted by atomic mass is 32.2. The van der Waals surface area contributed by atoms with Crippen LogP contribution < -0.4 is 14.4 Å². The average molecular weight is 439 g/mol. The number of sulfonamides is 1. The molecule has 0 aliphatic rings. The van der Waals surface area contributed by atoms with Crippen LogP contribution in [-0.2, 0) is 14.8 Å². The zero-order valence-corrected chi connectivity index (χ0v) is 18.4. The van der Waals surface area contributed by atoms with Crippen LogP contribution in [0.3, 0.4) is 0 Å². The van der Waals surface area contributed by atoms with Gasteiger partial charge in [-0.05, 0) is 55.8 Å². The Kier molecular flexibility index (Phi) is 7.31. The van der Waals surface area contributed by atoms with Gasteiger partial charge in [0, 0.05) is 0 Å². The normalized spacial score (nSPS) is 11.0. The summed E-state index contributed by atoms with van der Waals surface area (Å²) in [6.07, 6.45) is 0. The van der Waals surface area contributed by atoms with Gasteiger partial charge in [0.1, 0.15) is 18.9 Å². The van der Waals surface area contributed by atoms with Crippen molar-refractivity contribution in [3.63, 3.8) is 0 Å². The molecule has 1 N–H and O–H groups in total. The number of amides is 1. The zero-order valence-electron chi connectivity index (χ0n) is 17.6. The molecule has 7 heteroatoms. The second-order valence-electron chi connectivity index (χ2n) is 7.18. The lowest BCUT2D eigenvalue weighted by atomic mass is 10.2. The van der Waals surface area contributed by atoms with Crippen molar-refractivity contribution in [3.05, 3.63) is 90.0 Å². The number of carbonyl (C=O) groups is 1. The molecule has 0 bridgehead atoms. The van der Waals surface area contributed by atoms with Crippen LogP contribution in [0.5, 0.6) is 5.75 Å². The maximum absolute atomic E-state index is 13.2. The number of aryl methyl sites for hydroxylation is 2. The van der Waals surface area contributed by atoms with Crippen LogP contribution >= 0.6 is 0 Å². The minimum absolute atomic E-state index is 0.131. The van der Waals surface area contributed by atoms with E-state index >= 15 is 0 Å². The Morgan fingerprint density at radius 1 is 0.903 bits per heavy atom. The topological polar surface area (TPSA) is 75.7 Å². The molecule has 3 rings (SSSR count). The van der Waals surface area contributed by atoms with Gasteiger partial charge in [-0.3, -0.25) is 9.10 Å². The third kappa shape index (κ3) is 6.08. The molecule has 0 radical (unpaired) electrons. The molecule has 0 atom stereocenters. The molecule has 0 aliphatic heterocycles. The highest BCUT2D eigenvalue weighted by Gasteiger charge is 2.27. The molecule has 0 saturated heterocycles. The minimum atomic E-state index is -3.90. The van der Waals surface area contributed by atoms with Crippen molar-refractivity contribution in [1.82, 2.24) is 5.32 Å². The molecule has 3 aromatic rings. The Morgan fingerprint density at radius 2 is 1.61 bits per heavy atom. The number of hydrogen-bond acceptors (Lipinski definition) is 4. The Bertz CT molecular complexity index is 1110. The summed E-state index contributed by atoms with van der Waals surface area (Å²) in [6, 6.07) is 22.8.